The van der Waals surface area contributed by atoms with Crippen LogP contribution >= 0.6 is 0 Å². The second-order valence-electron chi connectivity index (χ2n) is 9.72. The van der Waals surface area contributed by atoms with Gasteiger partial charge in [-0.15, -0.1) is 0 Å². The summed E-state index contributed by atoms with van der Waals surface area (Å²) in [5.74, 6) is 1.19. The molecule has 1 N–H and O–H groups in total. The van der Waals surface area contributed by atoms with Gasteiger partial charge in [0.15, 0.2) is 0 Å². The van der Waals surface area contributed by atoms with Crippen LogP contribution < -0.4 is 20.5 Å². The van der Waals surface area contributed by atoms with Gasteiger partial charge in [0, 0.05) is 62.0 Å². The molecular weight excluding hydrogens is 494 g/mol. The van der Waals surface area contributed by atoms with Gasteiger partial charge < -0.3 is 15.0 Å². The van der Waals surface area contributed by atoms with E-state index < -0.39 is 6.61 Å². The van der Waals surface area contributed by atoms with E-state index in [0.717, 1.165) is 30.6 Å². The minimum absolute atomic E-state index is 0.0683. The molecule has 0 bridgehead atoms. The van der Waals surface area contributed by atoms with E-state index in [0.29, 0.717) is 29.0 Å². The Balaban J connectivity index is 1.29. The van der Waals surface area contributed by atoms with E-state index in [1.807, 2.05) is 12.1 Å². The summed E-state index contributed by atoms with van der Waals surface area (Å²) in [4.78, 5) is 36.1. The van der Waals surface area contributed by atoms with E-state index in [2.05, 4.69) is 24.9 Å². The molecule has 4 heterocycles. The number of nitrogens with one attached hydrogen (secondary N) is 1. The van der Waals surface area contributed by atoms with Crippen molar-refractivity contribution in [1.29, 1.82) is 0 Å². The Bertz CT molecular complexity index is 1570. The lowest BCUT2D eigenvalue weighted by Crippen LogP contribution is -2.41. The van der Waals surface area contributed by atoms with Crippen LogP contribution in [0.3, 0.4) is 0 Å². The Labute approximate surface area is 216 Å². The Morgan fingerprint density at radius 3 is 2.68 bits per heavy atom. The molecule has 2 atom stereocenters. The first-order valence-electron chi connectivity index (χ1n) is 12.5. The maximum absolute atomic E-state index is 12.9. The zero-order chi connectivity index (χ0) is 26.4. The number of fused-ring (bicyclic) bond motifs is 2. The summed E-state index contributed by atoms with van der Waals surface area (Å²) in [6, 6.07) is 12.0. The smallest absolute Gasteiger partial charge is 0.387 e. The van der Waals surface area contributed by atoms with Gasteiger partial charge >= 0.3 is 6.61 Å². The van der Waals surface area contributed by atoms with Crippen molar-refractivity contribution < 1.29 is 18.3 Å². The zero-order valence-electron chi connectivity index (χ0n) is 20.7. The first kappa shape index (κ1) is 24.1. The van der Waals surface area contributed by atoms with Gasteiger partial charge in [0.2, 0.25) is 11.9 Å². The van der Waals surface area contributed by atoms with Gasteiger partial charge in [-0.25, -0.2) is 9.97 Å². The number of carbonyl (C=O) groups is 1. The highest BCUT2D eigenvalue weighted by atomic mass is 19.3. The lowest BCUT2D eigenvalue weighted by Gasteiger charge is -2.33. The van der Waals surface area contributed by atoms with E-state index in [-0.39, 0.29) is 35.6 Å². The minimum Gasteiger partial charge on any atom is -0.434 e. The average Bonchev–Trinajstić information content (AvgIpc) is 3.41. The van der Waals surface area contributed by atoms with Crippen LogP contribution in [0.2, 0.25) is 0 Å². The van der Waals surface area contributed by atoms with Crippen molar-refractivity contribution in [3.8, 4) is 16.9 Å². The lowest BCUT2D eigenvalue weighted by atomic mass is 9.88. The molecule has 38 heavy (non-hydrogen) atoms. The summed E-state index contributed by atoms with van der Waals surface area (Å²) in [5.41, 5.74) is 2.61. The largest absolute Gasteiger partial charge is 0.434 e. The number of para-hydroxylation sites is 1. The van der Waals surface area contributed by atoms with Crippen LogP contribution in [0.25, 0.3) is 22.0 Å². The minimum atomic E-state index is -2.94. The molecule has 2 aliphatic heterocycles. The predicted molar refractivity (Wildman–Crippen MR) is 137 cm³/mol. The number of carbonyl (C=O) groups excluding carboxylic acids is 1. The first-order valence-corrected chi connectivity index (χ1v) is 12.5. The van der Waals surface area contributed by atoms with Crippen molar-refractivity contribution >= 4 is 22.8 Å². The van der Waals surface area contributed by atoms with Crippen LogP contribution in [0.15, 0.2) is 59.7 Å². The Morgan fingerprint density at radius 1 is 1.11 bits per heavy atom. The standard InChI is InChI=1S/C27H26F2N6O3/c1-33-25(37)21-7-6-16(10-22(21)35(33)15-17-4-2-3-5-23(17)38-26(28)29)18-11-31-27(32-12-18)34-9-8-20-19(14-34)13-30-24(20)36/h2-7,10-12,19-20,26H,8-9,13-15H2,1H3,(H,30,36)/t19-,20?/m0/s1. The number of piperidine rings is 1. The first-order chi connectivity index (χ1) is 18.4. The van der Waals surface area contributed by atoms with E-state index in [1.165, 1.54) is 10.7 Å². The highest BCUT2D eigenvalue weighted by Crippen LogP contribution is 2.30. The molecule has 6 rings (SSSR count). The molecule has 196 valence electrons. The SMILES string of the molecule is Cn1c(=O)c2ccc(-c3cnc(N4CCC5C(=O)NC[C@H]5C4)nc3)cc2n1Cc1ccccc1OC(F)F. The highest BCUT2D eigenvalue weighted by molar-refractivity contribution is 5.84. The maximum Gasteiger partial charge on any atom is 0.387 e. The normalized spacial score (nSPS) is 19.2. The lowest BCUT2D eigenvalue weighted by molar-refractivity contribution is -0.123. The van der Waals surface area contributed by atoms with Crippen molar-refractivity contribution in [1.82, 2.24) is 24.6 Å². The molecule has 2 aromatic carbocycles. The van der Waals surface area contributed by atoms with E-state index in [9.17, 15) is 18.4 Å². The molecule has 0 saturated carbocycles. The molecule has 2 saturated heterocycles. The van der Waals surface area contributed by atoms with Gasteiger partial charge in [-0.3, -0.25) is 19.0 Å². The molecule has 2 aliphatic rings. The van der Waals surface area contributed by atoms with E-state index in [4.69, 9.17) is 0 Å². The van der Waals surface area contributed by atoms with E-state index >= 15 is 0 Å². The molecule has 11 heteroatoms. The summed E-state index contributed by atoms with van der Waals surface area (Å²) >= 11 is 0. The number of anilines is 1. The third kappa shape index (κ3) is 4.27. The molecule has 0 aliphatic carbocycles. The number of alkyl halides is 2. The van der Waals surface area contributed by atoms with Gasteiger partial charge in [0.05, 0.1) is 17.4 Å². The second-order valence-corrected chi connectivity index (χ2v) is 9.72. The average molecular weight is 521 g/mol. The Hall–Kier alpha value is -4.28. The second kappa shape index (κ2) is 9.55. The molecule has 9 nitrogen and oxygen atoms in total. The van der Waals surface area contributed by atoms with E-state index in [1.54, 1.807) is 48.4 Å². The molecule has 0 radical (unpaired) electrons. The number of amides is 1. The topological polar surface area (TPSA) is 94.3 Å². The number of benzene rings is 2. The van der Waals surface area contributed by atoms with Gasteiger partial charge in [-0.05, 0) is 30.2 Å². The van der Waals surface area contributed by atoms with Crippen LogP contribution in [-0.2, 0) is 18.4 Å². The Kier molecular flexibility index (Phi) is 6.05. The molecular formula is C27H26F2N6O3. The summed E-state index contributed by atoms with van der Waals surface area (Å²) in [7, 11) is 1.65. The van der Waals surface area contributed by atoms with Crippen LogP contribution in [0.5, 0.6) is 5.75 Å². The van der Waals surface area contributed by atoms with Crippen LogP contribution in [0, 0.1) is 11.8 Å². The predicted octanol–water partition coefficient (Wildman–Crippen LogP) is 3.02. The van der Waals surface area contributed by atoms with Crippen LogP contribution in [0.4, 0.5) is 14.7 Å². The van der Waals surface area contributed by atoms with Crippen molar-refractivity contribution in [3.05, 3.63) is 70.8 Å². The van der Waals surface area contributed by atoms with Crippen molar-refractivity contribution in [2.75, 3.05) is 24.5 Å². The number of hydrogen-bond acceptors (Lipinski definition) is 6. The molecule has 1 unspecified atom stereocenters. The number of rotatable bonds is 6. The fourth-order valence-corrected chi connectivity index (χ4v) is 5.51. The van der Waals surface area contributed by atoms with Gasteiger partial charge in [0.1, 0.15) is 5.75 Å². The fraction of sp³-hybridized carbons (Fsp3) is 0.333. The number of ether oxygens (including phenoxy) is 1. The third-order valence-electron chi connectivity index (χ3n) is 7.53. The van der Waals surface area contributed by atoms with Gasteiger partial charge in [-0.1, -0.05) is 24.3 Å². The number of halogens is 2. The van der Waals surface area contributed by atoms with Crippen molar-refractivity contribution in [2.24, 2.45) is 18.9 Å². The number of nitrogens with zero attached hydrogens (tertiary/aromatic N) is 5. The van der Waals surface area contributed by atoms with Crippen molar-refractivity contribution in [3.63, 3.8) is 0 Å². The molecule has 2 fully saturated rings. The summed E-state index contributed by atoms with van der Waals surface area (Å²) in [6.07, 6.45) is 4.30. The number of aromatic nitrogens is 4. The zero-order valence-corrected chi connectivity index (χ0v) is 20.7. The summed E-state index contributed by atoms with van der Waals surface area (Å²) in [6.45, 7) is -0.616. The fourth-order valence-electron chi connectivity index (χ4n) is 5.51. The monoisotopic (exact) mass is 520 g/mol. The molecule has 2 aromatic heterocycles. The molecule has 1 amide bonds. The maximum atomic E-state index is 12.9. The van der Waals surface area contributed by atoms with Gasteiger partial charge in [-0.2, -0.15) is 8.78 Å². The Morgan fingerprint density at radius 2 is 1.89 bits per heavy atom. The quantitative estimate of drug-likeness (QED) is 0.420. The molecule has 0 spiro atoms. The van der Waals surface area contributed by atoms with Crippen molar-refractivity contribution in [2.45, 2.75) is 19.6 Å². The summed E-state index contributed by atoms with van der Waals surface area (Å²) in [5, 5.41) is 3.46. The highest BCUT2D eigenvalue weighted by Gasteiger charge is 2.39. The summed E-state index contributed by atoms with van der Waals surface area (Å²) < 4.78 is 33.7. The van der Waals surface area contributed by atoms with Gasteiger partial charge in [0.25, 0.3) is 5.56 Å². The van der Waals surface area contributed by atoms with Crippen LogP contribution in [-0.4, -0.2) is 51.5 Å². The van der Waals surface area contributed by atoms with Crippen LogP contribution in [0.1, 0.15) is 12.0 Å². The molecule has 4 aromatic rings. The number of hydrogen-bond donors (Lipinski definition) is 1. The third-order valence-corrected chi connectivity index (χ3v) is 7.53.